The van der Waals surface area contributed by atoms with Crippen LogP contribution in [0.1, 0.15) is 49.7 Å². The summed E-state index contributed by atoms with van der Waals surface area (Å²) >= 11 is 12.8. The van der Waals surface area contributed by atoms with Crippen molar-refractivity contribution in [2.24, 2.45) is 0 Å². The lowest BCUT2D eigenvalue weighted by Gasteiger charge is -2.25. The van der Waals surface area contributed by atoms with E-state index in [4.69, 9.17) is 37.4 Å². The molecular formula is C29H30Cl2N2O4. The number of benzene rings is 3. The molecule has 1 aliphatic heterocycles. The van der Waals surface area contributed by atoms with Crippen LogP contribution in [0.25, 0.3) is 21.7 Å². The Morgan fingerprint density at radius 2 is 1.89 bits per heavy atom. The molecule has 2 heterocycles. The molecule has 1 amide bonds. The molecule has 0 saturated carbocycles. The second-order valence-corrected chi connectivity index (χ2v) is 10.9. The minimum absolute atomic E-state index is 0.0395. The molecule has 0 radical (unpaired) electrons. The Bertz CT molecular complexity index is 1510. The number of halogens is 2. The van der Waals surface area contributed by atoms with Crippen molar-refractivity contribution in [3.8, 4) is 17.2 Å². The molecule has 3 aromatic carbocycles. The van der Waals surface area contributed by atoms with E-state index in [0.717, 1.165) is 38.7 Å². The molecule has 0 aliphatic carbocycles. The van der Waals surface area contributed by atoms with Crippen LogP contribution >= 0.6 is 23.2 Å². The zero-order valence-electron chi connectivity index (χ0n) is 21.6. The highest BCUT2D eigenvalue weighted by Gasteiger charge is 2.36. The number of carbonyl (C=O) groups is 1. The van der Waals surface area contributed by atoms with E-state index in [1.165, 1.54) is 0 Å². The zero-order valence-corrected chi connectivity index (χ0v) is 23.1. The number of aromatic nitrogens is 1. The van der Waals surface area contributed by atoms with Gasteiger partial charge in [-0.05, 0) is 75.0 Å². The molecule has 0 unspecified atom stereocenters. The van der Waals surface area contributed by atoms with Crippen molar-refractivity contribution in [2.45, 2.75) is 39.2 Å². The minimum atomic E-state index is -0.421. The van der Waals surface area contributed by atoms with Crippen molar-refractivity contribution in [1.82, 2.24) is 4.98 Å². The van der Waals surface area contributed by atoms with E-state index < -0.39 is 5.60 Å². The normalized spacial score (nSPS) is 15.3. The first-order valence-electron chi connectivity index (χ1n) is 12.3. The van der Waals surface area contributed by atoms with Crippen LogP contribution in [0.2, 0.25) is 5.02 Å². The Morgan fingerprint density at radius 3 is 2.57 bits per heavy atom. The van der Waals surface area contributed by atoms with E-state index in [0.29, 0.717) is 41.2 Å². The van der Waals surface area contributed by atoms with Gasteiger partial charge in [0.05, 0.1) is 24.4 Å². The molecule has 37 heavy (non-hydrogen) atoms. The van der Waals surface area contributed by atoms with Gasteiger partial charge in [0.2, 0.25) is 0 Å². The van der Waals surface area contributed by atoms with E-state index in [1.54, 1.807) is 18.1 Å². The molecule has 6 nitrogen and oxygen atoms in total. The average molecular weight is 541 g/mol. The molecule has 0 spiro atoms. The summed E-state index contributed by atoms with van der Waals surface area (Å²) in [5.74, 6) is 2.22. The van der Waals surface area contributed by atoms with Crippen molar-refractivity contribution >= 4 is 56.5 Å². The maximum absolute atomic E-state index is 13.9. The Labute approximate surface area is 226 Å². The molecule has 1 atom stereocenters. The van der Waals surface area contributed by atoms with Gasteiger partial charge in [-0.1, -0.05) is 11.6 Å². The van der Waals surface area contributed by atoms with Crippen LogP contribution in [0, 0.1) is 0 Å². The van der Waals surface area contributed by atoms with Gasteiger partial charge >= 0.3 is 0 Å². The first kappa shape index (κ1) is 25.6. The van der Waals surface area contributed by atoms with Crippen LogP contribution < -0.4 is 19.1 Å². The molecule has 0 saturated heterocycles. The molecule has 1 aromatic heterocycles. The zero-order chi connectivity index (χ0) is 26.5. The standard InChI is InChI=1S/C29H30Cl2N2O4/c1-6-36-26-10-16-9-23(32-22(16)12-21(26)31)28(34)33-15-17(14-30)27-20-11-18(35-5)7-8-19(20)25(13-24(27)33)37-29(2,3)4/h7-13,17,32H,6,14-15H2,1-5H3/t17-/m1/s1. The number of hydrogen-bond acceptors (Lipinski definition) is 4. The second kappa shape index (κ2) is 9.66. The maximum atomic E-state index is 13.9. The Kier molecular flexibility index (Phi) is 6.67. The average Bonchev–Trinajstić information content (AvgIpc) is 3.44. The molecule has 5 rings (SSSR count). The van der Waals surface area contributed by atoms with Crippen molar-refractivity contribution in [1.29, 1.82) is 0 Å². The number of methoxy groups -OCH3 is 1. The first-order valence-corrected chi connectivity index (χ1v) is 13.2. The predicted molar refractivity (Wildman–Crippen MR) is 150 cm³/mol. The van der Waals surface area contributed by atoms with Gasteiger partial charge in [-0.3, -0.25) is 4.79 Å². The van der Waals surface area contributed by atoms with Crippen LogP contribution in [-0.4, -0.2) is 42.6 Å². The number of carbonyl (C=O) groups excluding carboxylic acids is 1. The molecule has 8 heteroatoms. The van der Waals surface area contributed by atoms with Gasteiger partial charge in [-0.15, -0.1) is 11.6 Å². The monoisotopic (exact) mass is 540 g/mol. The van der Waals surface area contributed by atoms with Gasteiger partial charge in [0.25, 0.3) is 5.91 Å². The summed E-state index contributed by atoms with van der Waals surface area (Å²) in [6.45, 7) is 8.89. The van der Waals surface area contributed by atoms with Crippen LogP contribution in [-0.2, 0) is 0 Å². The summed E-state index contributed by atoms with van der Waals surface area (Å²) in [5.41, 5.74) is 2.63. The quantitative estimate of drug-likeness (QED) is 0.256. The lowest BCUT2D eigenvalue weighted by atomic mass is 9.95. The third kappa shape index (κ3) is 4.69. The smallest absolute Gasteiger partial charge is 0.274 e. The summed E-state index contributed by atoms with van der Waals surface area (Å²) in [6, 6.07) is 13.4. The fourth-order valence-electron chi connectivity index (χ4n) is 4.96. The number of amides is 1. The van der Waals surface area contributed by atoms with Crippen molar-refractivity contribution in [3.05, 3.63) is 58.7 Å². The van der Waals surface area contributed by atoms with Gasteiger partial charge in [0.15, 0.2) is 0 Å². The number of ether oxygens (including phenoxy) is 3. The highest BCUT2D eigenvalue weighted by atomic mass is 35.5. The van der Waals surface area contributed by atoms with Crippen LogP contribution in [0.3, 0.4) is 0 Å². The number of rotatable bonds is 6. The van der Waals surface area contributed by atoms with E-state index in [2.05, 4.69) is 4.98 Å². The number of hydrogen-bond donors (Lipinski definition) is 1. The Morgan fingerprint density at radius 1 is 1.11 bits per heavy atom. The maximum Gasteiger partial charge on any atom is 0.274 e. The number of nitrogens with one attached hydrogen (secondary N) is 1. The minimum Gasteiger partial charge on any atom is -0.497 e. The summed E-state index contributed by atoms with van der Waals surface area (Å²) in [6.07, 6.45) is 0. The van der Waals surface area contributed by atoms with E-state index in [9.17, 15) is 4.79 Å². The van der Waals surface area contributed by atoms with E-state index in [1.807, 2.05) is 64.1 Å². The molecule has 1 aliphatic rings. The third-order valence-electron chi connectivity index (χ3n) is 6.48. The van der Waals surface area contributed by atoms with Gasteiger partial charge in [0, 0.05) is 40.7 Å². The summed E-state index contributed by atoms with van der Waals surface area (Å²) in [5, 5.41) is 3.28. The Hall–Kier alpha value is -3.09. The number of anilines is 1. The van der Waals surface area contributed by atoms with Crippen LogP contribution in [0.15, 0.2) is 42.5 Å². The highest BCUT2D eigenvalue weighted by Crippen LogP contribution is 2.47. The first-order chi connectivity index (χ1) is 17.6. The number of fused-ring (bicyclic) bond motifs is 4. The SMILES string of the molecule is CCOc1cc2cc(C(=O)N3C[C@@H](CCl)c4c3cc(OC(C)(C)C)c3ccc(OC)cc43)[nH]c2cc1Cl. The highest BCUT2D eigenvalue weighted by molar-refractivity contribution is 6.33. The number of H-pyrrole nitrogens is 1. The largest absolute Gasteiger partial charge is 0.497 e. The fourth-order valence-corrected chi connectivity index (χ4v) is 5.43. The molecule has 194 valence electrons. The van der Waals surface area contributed by atoms with Gasteiger partial charge < -0.3 is 24.1 Å². The third-order valence-corrected chi connectivity index (χ3v) is 7.15. The number of alkyl halides is 1. The topological polar surface area (TPSA) is 63.8 Å². The fraction of sp³-hybridized carbons (Fsp3) is 0.345. The molecular weight excluding hydrogens is 511 g/mol. The van der Waals surface area contributed by atoms with Crippen molar-refractivity contribution in [2.75, 3.05) is 31.0 Å². The summed E-state index contributed by atoms with van der Waals surface area (Å²) in [4.78, 5) is 18.9. The predicted octanol–water partition coefficient (Wildman–Crippen LogP) is 7.54. The summed E-state index contributed by atoms with van der Waals surface area (Å²) < 4.78 is 17.5. The van der Waals surface area contributed by atoms with Crippen molar-refractivity contribution < 1.29 is 19.0 Å². The number of aromatic amines is 1. The van der Waals surface area contributed by atoms with Gasteiger partial charge in [-0.2, -0.15) is 0 Å². The lowest BCUT2D eigenvalue weighted by Crippen LogP contribution is -2.30. The van der Waals surface area contributed by atoms with Gasteiger partial charge in [0.1, 0.15) is 28.5 Å². The van der Waals surface area contributed by atoms with Crippen LogP contribution in [0.4, 0.5) is 5.69 Å². The Balaban J connectivity index is 1.64. The summed E-state index contributed by atoms with van der Waals surface area (Å²) in [7, 11) is 1.64. The van der Waals surface area contributed by atoms with Crippen LogP contribution in [0.5, 0.6) is 17.2 Å². The van der Waals surface area contributed by atoms with E-state index >= 15 is 0 Å². The molecule has 1 N–H and O–H groups in total. The van der Waals surface area contributed by atoms with Crippen molar-refractivity contribution in [3.63, 3.8) is 0 Å². The molecule has 4 aromatic rings. The molecule has 0 fully saturated rings. The second-order valence-electron chi connectivity index (χ2n) is 10.2. The van der Waals surface area contributed by atoms with E-state index in [-0.39, 0.29) is 11.8 Å². The number of nitrogens with zero attached hydrogens (tertiary/aromatic N) is 1. The van der Waals surface area contributed by atoms with Gasteiger partial charge in [-0.25, -0.2) is 0 Å². The lowest BCUT2D eigenvalue weighted by molar-refractivity contribution is 0.0984. The molecule has 0 bridgehead atoms.